The number of aromatic nitrogens is 2. The molecule has 0 aliphatic rings. The van der Waals surface area contributed by atoms with Crippen LogP contribution < -0.4 is 4.74 Å². The zero-order valence-corrected chi connectivity index (χ0v) is 11.6. The van der Waals surface area contributed by atoms with Crippen molar-refractivity contribution < 1.29 is 4.74 Å². The van der Waals surface area contributed by atoms with Crippen molar-refractivity contribution in [2.45, 2.75) is 20.3 Å². The van der Waals surface area contributed by atoms with Crippen LogP contribution >= 0.6 is 23.2 Å². The van der Waals surface area contributed by atoms with Gasteiger partial charge in [-0.25, -0.2) is 4.98 Å². The third kappa shape index (κ3) is 2.92. The average Bonchev–Trinajstić information content (AvgIpc) is 2.36. The summed E-state index contributed by atoms with van der Waals surface area (Å²) in [7, 11) is 0. The predicted octanol–water partition coefficient (Wildman–Crippen LogP) is 4.45. The first-order valence-electron chi connectivity index (χ1n) is 5.55. The van der Waals surface area contributed by atoms with Crippen LogP contribution in [0, 0.1) is 6.92 Å². The van der Waals surface area contributed by atoms with Crippen LogP contribution in [-0.4, -0.2) is 9.97 Å². The highest BCUT2D eigenvalue weighted by molar-refractivity contribution is 6.31. The first-order chi connectivity index (χ1) is 8.60. The van der Waals surface area contributed by atoms with E-state index < -0.39 is 0 Å². The van der Waals surface area contributed by atoms with Crippen LogP contribution in [-0.2, 0) is 6.42 Å². The second kappa shape index (κ2) is 5.55. The summed E-state index contributed by atoms with van der Waals surface area (Å²) in [5.74, 6) is 1.15. The number of halogens is 2. The Morgan fingerprint density at radius 1 is 1.28 bits per heavy atom. The summed E-state index contributed by atoms with van der Waals surface area (Å²) in [6.45, 7) is 3.90. The Hall–Kier alpha value is -1.32. The molecule has 0 aliphatic heterocycles. The highest BCUT2D eigenvalue weighted by Crippen LogP contribution is 2.27. The number of rotatable bonds is 3. The van der Waals surface area contributed by atoms with Gasteiger partial charge in [-0.15, -0.1) is 0 Å². The lowest BCUT2D eigenvalue weighted by molar-refractivity contribution is 0.457. The van der Waals surface area contributed by atoms with Gasteiger partial charge in [0.05, 0.1) is 0 Å². The van der Waals surface area contributed by atoms with Gasteiger partial charge in [-0.05, 0) is 48.7 Å². The molecule has 2 rings (SSSR count). The Kier molecular flexibility index (Phi) is 4.04. The van der Waals surface area contributed by atoms with E-state index in [1.807, 2.05) is 26.0 Å². The SMILES string of the molecule is CCc1cc(Oc2nc(Cl)ncc2C)ccc1Cl. The van der Waals surface area contributed by atoms with Crippen LogP contribution in [0.3, 0.4) is 0 Å². The van der Waals surface area contributed by atoms with E-state index in [-0.39, 0.29) is 5.28 Å². The lowest BCUT2D eigenvalue weighted by Gasteiger charge is -2.09. The smallest absolute Gasteiger partial charge is 0.226 e. The number of ether oxygens (including phenoxy) is 1. The second-order valence-corrected chi connectivity index (χ2v) is 4.58. The number of benzene rings is 1. The summed E-state index contributed by atoms with van der Waals surface area (Å²) >= 11 is 11.8. The molecule has 0 bridgehead atoms. The van der Waals surface area contributed by atoms with E-state index in [0.29, 0.717) is 11.6 Å². The maximum atomic E-state index is 6.05. The molecule has 0 saturated heterocycles. The van der Waals surface area contributed by atoms with Crippen LogP contribution in [0.25, 0.3) is 0 Å². The molecule has 0 aliphatic carbocycles. The average molecular weight is 283 g/mol. The molecule has 1 aromatic heterocycles. The summed E-state index contributed by atoms with van der Waals surface area (Å²) in [4.78, 5) is 7.93. The summed E-state index contributed by atoms with van der Waals surface area (Å²) in [5, 5.41) is 0.905. The third-order valence-corrected chi connectivity index (χ3v) is 3.06. The van der Waals surface area contributed by atoms with Gasteiger partial charge in [0.15, 0.2) is 0 Å². The van der Waals surface area contributed by atoms with E-state index in [9.17, 15) is 0 Å². The molecule has 1 aromatic carbocycles. The minimum Gasteiger partial charge on any atom is -0.439 e. The minimum atomic E-state index is 0.167. The van der Waals surface area contributed by atoms with Crippen LogP contribution in [0.1, 0.15) is 18.1 Å². The summed E-state index contributed by atoms with van der Waals surface area (Å²) in [6.07, 6.45) is 2.47. The molecule has 2 aromatic rings. The quantitative estimate of drug-likeness (QED) is 0.781. The van der Waals surface area contributed by atoms with Crippen LogP contribution in [0.2, 0.25) is 10.3 Å². The molecule has 0 amide bonds. The van der Waals surface area contributed by atoms with Crippen molar-refractivity contribution in [1.82, 2.24) is 9.97 Å². The van der Waals surface area contributed by atoms with Gasteiger partial charge in [-0.1, -0.05) is 18.5 Å². The Labute approximate surface area is 116 Å². The van der Waals surface area contributed by atoms with Crippen LogP contribution in [0.5, 0.6) is 11.6 Å². The molecule has 0 N–H and O–H groups in total. The molecule has 0 fully saturated rings. The third-order valence-electron chi connectivity index (χ3n) is 2.51. The predicted molar refractivity (Wildman–Crippen MR) is 72.7 cm³/mol. The Balaban J connectivity index is 2.31. The monoisotopic (exact) mass is 282 g/mol. The number of nitrogens with zero attached hydrogens (tertiary/aromatic N) is 2. The molecule has 0 radical (unpaired) electrons. The maximum Gasteiger partial charge on any atom is 0.226 e. The van der Waals surface area contributed by atoms with E-state index >= 15 is 0 Å². The van der Waals surface area contributed by atoms with Crippen molar-refractivity contribution in [2.24, 2.45) is 0 Å². The van der Waals surface area contributed by atoms with E-state index in [1.54, 1.807) is 12.3 Å². The topological polar surface area (TPSA) is 35.0 Å². The number of hydrogen-bond donors (Lipinski definition) is 0. The Bertz CT molecular complexity index is 573. The van der Waals surface area contributed by atoms with Gasteiger partial charge in [0, 0.05) is 16.8 Å². The molecule has 0 unspecified atom stereocenters. The molecule has 18 heavy (non-hydrogen) atoms. The first kappa shape index (κ1) is 13.1. The summed E-state index contributed by atoms with van der Waals surface area (Å²) < 4.78 is 5.69. The lowest BCUT2D eigenvalue weighted by Crippen LogP contribution is -1.94. The van der Waals surface area contributed by atoms with Gasteiger partial charge in [0.2, 0.25) is 11.2 Å². The fourth-order valence-corrected chi connectivity index (χ4v) is 1.88. The summed E-state index contributed by atoms with van der Waals surface area (Å²) in [6, 6.07) is 5.52. The van der Waals surface area contributed by atoms with Gasteiger partial charge in [0.25, 0.3) is 0 Å². The van der Waals surface area contributed by atoms with Crippen molar-refractivity contribution >= 4 is 23.2 Å². The van der Waals surface area contributed by atoms with Gasteiger partial charge < -0.3 is 4.74 Å². The standard InChI is InChI=1S/C13H12Cl2N2O/c1-3-9-6-10(4-5-11(9)14)18-12-8(2)7-16-13(15)17-12/h4-7H,3H2,1-2H3. The Morgan fingerprint density at radius 3 is 2.78 bits per heavy atom. The van der Waals surface area contributed by atoms with Gasteiger partial charge in [-0.2, -0.15) is 4.98 Å². The lowest BCUT2D eigenvalue weighted by atomic mass is 10.1. The second-order valence-electron chi connectivity index (χ2n) is 3.84. The number of hydrogen-bond acceptors (Lipinski definition) is 3. The molecular weight excluding hydrogens is 271 g/mol. The van der Waals surface area contributed by atoms with Gasteiger partial charge in [0.1, 0.15) is 5.75 Å². The largest absolute Gasteiger partial charge is 0.439 e. The maximum absolute atomic E-state index is 6.05. The molecule has 0 atom stereocenters. The van der Waals surface area contributed by atoms with Gasteiger partial charge in [-0.3, -0.25) is 0 Å². The van der Waals surface area contributed by atoms with Crippen molar-refractivity contribution in [3.8, 4) is 11.6 Å². The van der Waals surface area contributed by atoms with E-state index in [2.05, 4.69) is 9.97 Å². The van der Waals surface area contributed by atoms with Crippen molar-refractivity contribution in [3.63, 3.8) is 0 Å². The minimum absolute atomic E-state index is 0.167. The van der Waals surface area contributed by atoms with Crippen molar-refractivity contribution in [3.05, 3.63) is 45.8 Å². The van der Waals surface area contributed by atoms with E-state index in [4.69, 9.17) is 27.9 Å². The fraction of sp³-hybridized carbons (Fsp3) is 0.231. The van der Waals surface area contributed by atoms with Crippen LogP contribution in [0.15, 0.2) is 24.4 Å². The van der Waals surface area contributed by atoms with Crippen LogP contribution in [0.4, 0.5) is 0 Å². The molecule has 0 saturated carbocycles. The van der Waals surface area contributed by atoms with Gasteiger partial charge >= 0.3 is 0 Å². The fourth-order valence-electron chi connectivity index (χ4n) is 1.51. The molecule has 0 spiro atoms. The number of aryl methyl sites for hydroxylation is 2. The Morgan fingerprint density at radius 2 is 2.06 bits per heavy atom. The molecule has 5 heteroatoms. The normalized spacial score (nSPS) is 10.4. The van der Waals surface area contributed by atoms with Crippen molar-refractivity contribution in [1.29, 1.82) is 0 Å². The zero-order chi connectivity index (χ0) is 13.1. The molecule has 3 nitrogen and oxygen atoms in total. The van der Waals surface area contributed by atoms with Crippen molar-refractivity contribution in [2.75, 3.05) is 0 Å². The molecular formula is C13H12Cl2N2O. The highest BCUT2D eigenvalue weighted by atomic mass is 35.5. The highest BCUT2D eigenvalue weighted by Gasteiger charge is 2.07. The van der Waals surface area contributed by atoms with E-state index in [0.717, 1.165) is 22.6 Å². The zero-order valence-electron chi connectivity index (χ0n) is 10.1. The summed E-state index contributed by atoms with van der Waals surface area (Å²) in [5.41, 5.74) is 1.86. The van der Waals surface area contributed by atoms with E-state index in [1.165, 1.54) is 0 Å². The molecule has 1 heterocycles. The first-order valence-corrected chi connectivity index (χ1v) is 6.31. The molecule has 94 valence electrons.